The molecule has 16 heavy (non-hydrogen) atoms. The van der Waals surface area contributed by atoms with Crippen molar-refractivity contribution in [2.75, 3.05) is 19.8 Å². The van der Waals surface area contributed by atoms with Crippen LogP contribution in [0.4, 0.5) is 0 Å². The summed E-state index contributed by atoms with van der Waals surface area (Å²) in [6, 6.07) is 0. The summed E-state index contributed by atoms with van der Waals surface area (Å²) in [7, 11) is 0. The lowest BCUT2D eigenvalue weighted by molar-refractivity contribution is 0.0662. The molecule has 2 rings (SSSR count). The van der Waals surface area contributed by atoms with Gasteiger partial charge < -0.3 is 10.1 Å². The third-order valence-corrected chi connectivity index (χ3v) is 4.12. The lowest BCUT2D eigenvalue weighted by atomic mass is 10.0. The Labute approximate surface area is 101 Å². The first-order valence-corrected chi connectivity index (χ1v) is 6.92. The van der Waals surface area contributed by atoms with E-state index in [2.05, 4.69) is 17.2 Å². The Morgan fingerprint density at radius 2 is 2.31 bits per heavy atom. The van der Waals surface area contributed by atoms with Crippen LogP contribution in [-0.4, -0.2) is 24.7 Å². The molecule has 0 aromatic carbocycles. The smallest absolute Gasteiger partial charge is 0.0925 e. The monoisotopic (exact) mass is 240 g/mol. The van der Waals surface area contributed by atoms with Gasteiger partial charge in [-0.05, 0) is 31.7 Å². The summed E-state index contributed by atoms with van der Waals surface area (Å²) < 4.78 is 5.35. The predicted molar refractivity (Wildman–Crippen MR) is 66.7 cm³/mol. The van der Waals surface area contributed by atoms with Gasteiger partial charge in [0.15, 0.2) is 0 Å². The molecule has 3 nitrogen and oxygen atoms in total. The van der Waals surface area contributed by atoms with Crippen molar-refractivity contribution in [3.63, 3.8) is 0 Å². The highest BCUT2D eigenvalue weighted by Gasteiger charge is 2.13. The van der Waals surface area contributed by atoms with Crippen molar-refractivity contribution in [3.8, 4) is 0 Å². The van der Waals surface area contributed by atoms with Crippen LogP contribution in [0.15, 0.2) is 6.20 Å². The number of ether oxygens (including phenoxy) is 1. The molecule has 1 aromatic rings. The summed E-state index contributed by atoms with van der Waals surface area (Å²) in [5.41, 5.74) is 0. The molecule has 1 aliphatic rings. The van der Waals surface area contributed by atoms with Crippen LogP contribution in [0.2, 0.25) is 0 Å². The van der Waals surface area contributed by atoms with E-state index in [-0.39, 0.29) is 0 Å². The molecule has 1 aromatic heterocycles. The van der Waals surface area contributed by atoms with Crippen LogP contribution in [0.5, 0.6) is 0 Å². The van der Waals surface area contributed by atoms with Crippen molar-refractivity contribution in [3.05, 3.63) is 16.1 Å². The van der Waals surface area contributed by atoms with Gasteiger partial charge in [-0.3, -0.25) is 0 Å². The number of rotatable bonds is 5. The second kappa shape index (κ2) is 6.33. The van der Waals surface area contributed by atoms with E-state index in [0.717, 1.165) is 38.6 Å². The van der Waals surface area contributed by atoms with E-state index < -0.39 is 0 Å². The highest BCUT2D eigenvalue weighted by atomic mass is 32.1. The van der Waals surface area contributed by atoms with Crippen molar-refractivity contribution in [2.45, 2.75) is 32.7 Å². The van der Waals surface area contributed by atoms with Crippen LogP contribution in [-0.2, 0) is 17.7 Å². The van der Waals surface area contributed by atoms with Crippen LogP contribution < -0.4 is 5.32 Å². The van der Waals surface area contributed by atoms with Gasteiger partial charge in [-0.25, -0.2) is 4.98 Å². The highest BCUT2D eigenvalue weighted by Crippen LogP contribution is 2.15. The maximum absolute atomic E-state index is 5.35. The lowest BCUT2D eigenvalue weighted by Crippen LogP contribution is -2.27. The molecule has 1 aliphatic heterocycles. The first-order valence-electron chi connectivity index (χ1n) is 6.10. The number of aryl methyl sites for hydroxylation is 1. The van der Waals surface area contributed by atoms with Gasteiger partial charge in [-0.1, -0.05) is 6.92 Å². The number of thiazole rings is 1. The zero-order valence-corrected chi connectivity index (χ0v) is 10.7. The molecule has 0 saturated carbocycles. The Balaban J connectivity index is 1.66. The molecule has 2 heterocycles. The fourth-order valence-corrected chi connectivity index (χ4v) is 2.78. The van der Waals surface area contributed by atoms with Gasteiger partial charge in [0.05, 0.1) is 5.01 Å². The fraction of sp³-hybridized carbons (Fsp3) is 0.750. The summed E-state index contributed by atoms with van der Waals surface area (Å²) in [4.78, 5) is 5.71. The van der Waals surface area contributed by atoms with E-state index >= 15 is 0 Å². The summed E-state index contributed by atoms with van der Waals surface area (Å²) in [5.74, 6) is 0.798. The second-order valence-corrected chi connectivity index (χ2v) is 5.46. The third-order valence-electron chi connectivity index (χ3n) is 2.98. The minimum atomic E-state index is 0.798. The average molecular weight is 240 g/mol. The predicted octanol–water partition coefficient (Wildman–Crippen LogP) is 2.22. The van der Waals surface area contributed by atoms with E-state index in [1.54, 1.807) is 0 Å². The normalized spacial score (nSPS) is 17.8. The highest BCUT2D eigenvalue weighted by molar-refractivity contribution is 7.11. The van der Waals surface area contributed by atoms with Gasteiger partial charge in [0.1, 0.15) is 0 Å². The molecule has 0 aliphatic carbocycles. The molecule has 0 amide bonds. The van der Waals surface area contributed by atoms with Gasteiger partial charge in [0, 0.05) is 30.8 Å². The minimum Gasteiger partial charge on any atom is -0.381 e. The maximum atomic E-state index is 5.35. The maximum Gasteiger partial charge on any atom is 0.0925 e. The molecule has 4 heteroatoms. The average Bonchev–Trinajstić information content (AvgIpc) is 2.78. The standard InChI is InChI=1S/C12H20N2OS/c1-2-12-14-9-11(16-12)8-13-7-10-3-5-15-6-4-10/h9-10,13H,2-8H2,1H3. The molecule has 0 spiro atoms. The fourth-order valence-electron chi connectivity index (χ4n) is 1.94. The SMILES string of the molecule is CCc1ncc(CNCC2CCOCC2)s1. The van der Waals surface area contributed by atoms with Crippen molar-refractivity contribution in [2.24, 2.45) is 5.92 Å². The molecule has 1 fully saturated rings. The van der Waals surface area contributed by atoms with Gasteiger partial charge in [-0.15, -0.1) is 11.3 Å². The van der Waals surface area contributed by atoms with Crippen molar-refractivity contribution in [1.82, 2.24) is 10.3 Å². The molecule has 1 N–H and O–H groups in total. The number of hydrogen-bond donors (Lipinski definition) is 1. The summed E-state index contributed by atoms with van der Waals surface area (Å²) in [5, 5.41) is 4.76. The summed E-state index contributed by atoms with van der Waals surface area (Å²) >= 11 is 1.82. The second-order valence-electron chi connectivity index (χ2n) is 4.26. The Kier molecular flexibility index (Phi) is 4.75. The minimum absolute atomic E-state index is 0.798. The topological polar surface area (TPSA) is 34.2 Å². The number of nitrogens with one attached hydrogen (secondary N) is 1. The van der Waals surface area contributed by atoms with E-state index in [1.165, 1.54) is 22.7 Å². The molecular weight excluding hydrogens is 220 g/mol. The Morgan fingerprint density at radius 1 is 1.50 bits per heavy atom. The quantitative estimate of drug-likeness (QED) is 0.857. The largest absolute Gasteiger partial charge is 0.381 e. The molecule has 1 saturated heterocycles. The lowest BCUT2D eigenvalue weighted by Gasteiger charge is -2.21. The Hall–Kier alpha value is -0.450. The number of aromatic nitrogens is 1. The van der Waals surface area contributed by atoms with Crippen molar-refractivity contribution >= 4 is 11.3 Å². The molecule has 0 bridgehead atoms. The van der Waals surface area contributed by atoms with Crippen molar-refractivity contribution in [1.29, 1.82) is 0 Å². The zero-order chi connectivity index (χ0) is 11.2. The van der Waals surface area contributed by atoms with E-state index in [1.807, 2.05) is 17.5 Å². The van der Waals surface area contributed by atoms with Crippen LogP contribution in [0.25, 0.3) is 0 Å². The summed E-state index contributed by atoms with van der Waals surface area (Å²) in [6.07, 6.45) is 5.46. The molecule has 90 valence electrons. The van der Waals surface area contributed by atoms with Crippen LogP contribution in [0.1, 0.15) is 29.7 Å². The Morgan fingerprint density at radius 3 is 3.00 bits per heavy atom. The van der Waals surface area contributed by atoms with E-state index in [9.17, 15) is 0 Å². The summed E-state index contributed by atoms with van der Waals surface area (Å²) in [6.45, 7) is 6.11. The first kappa shape index (κ1) is 12.0. The van der Waals surface area contributed by atoms with E-state index in [0.29, 0.717) is 0 Å². The van der Waals surface area contributed by atoms with Gasteiger partial charge in [0.25, 0.3) is 0 Å². The number of hydrogen-bond acceptors (Lipinski definition) is 4. The zero-order valence-electron chi connectivity index (χ0n) is 9.87. The molecular formula is C12H20N2OS. The molecule has 0 radical (unpaired) electrons. The Bertz CT molecular complexity index is 308. The van der Waals surface area contributed by atoms with E-state index in [4.69, 9.17) is 4.74 Å². The molecule has 0 atom stereocenters. The van der Waals surface area contributed by atoms with Gasteiger partial charge >= 0.3 is 0 Å². The number of nitrogens with zero attached hydrogens (tertiary/aromatic N) is 1. The van der Waals surface area contributed by atoms with Crippen LogP contribution >= 0.6 is 11.3 Å². The first-order chi connectivity index (χ1) is 7.88. The van der Waals surface area contributed by atoms with Crippen LogP contribution in [0, 0.1) is 5.92 Å². The van der Waals surface area contributed by atoms with Gasteiger partial charge in [0.2, 0.25) is 0 Å². The molecule has 0 unspecified atom stereocenters. The third kappa shape index (κ3) is 3.54. The van der Waals surface area contributed by atoms with Crippen molar-refractivity contribution < 1.29 is 4.74 Å². The van der Waals surface area contributed by atoms with Crippen LogP contribution in [0.3, 0.4) is 0 Å². The van der Waals surface area contributed by atoms with Gasteiger partial charge in [-0.2, -0.15) is 0 Å².